The fraction of sp³-hybridized carbons (Fsp3) is 0.141. The van der Waals surface area contributed by atoms with Crippen LogP contribution in [0.3, 0.4) is 0 Å². The van der Waals surface area contributed by atoms with E-state index in [4.69, 9.17) is 9.96 Å². The average molecular weight is 1060 g/mol. The van der Waals surface area contributed by atoms with Gasteiger partial charge in [-0.3, -0.25) is 0 Å². The van der Waals surface area contributed by atoms with Crippen molar-refractivity contribution in [3.8, 4) is 0 Å². The SMILES string of the molecule is CC1=[C]([Ti]([O]C(=O)C(c2ccccc2)(c2ccccc2)c2ccccc2)([O]C(=O)C(c2ccccc2)(c2ccccc2)c2ccccc2)[O]C(=O)C(c2ccccc2)(c2ccccc2)c2ccccc2)C(C)C2=C1CCCC2. The van der Waals surface area contributed by atoms with Gasteiger partial charge < -0.3 is 0 Å². The number of rotatable bonds is 16. The molecule has 7 heteroatoms. The van der Waals surface area contributed by atoms with Crippen LogP contribution < -0.4 is 0 Å². The van der Waals surface area contributed by atoms with Crippen molar-refractivity contribution in [1.29, 1.82) is 0 Å². The van der Waals surface area contributed by atoms with Crippen molar-refractivity contribution in [3.05, 3.63) is 344 Å². The molecule has 11 rings (SSSR count). The Hall–Kier alpha value is -8.42. The predicted octanol–water partition coefficient (Wildman–Crippen LogP) is 15.4. The van der Waals surface area contributed by atoms with E-state index in [1.807, 2.05) is 280 Å². The van der Waals surface area contributed by atoms with Gasteiger partial charge in [0, 0.05) is 0 Å². The fourth-order valence-corrected chi connectivity index (χ4v) is 17.2. The standard InChI is InChI=1S/3C20H16O2.C11H15.Ti/c3*21-19(22)20(16-10-4-1-5-11-16,17-12-6-2-7-13-17)18-14-8-3-9-15-18;1-8-7-9(2)11-6-4-3-5-10(8)11;/h3*1-15H,(H,21,22);8H,3-6H2,1-2H3;/q;;;;+3/p-3. The normalized spacial score (nSPS) is 14.8. The number of benzene rings is 9. The summed E-state index contributed by atoms with van der Waals surface area (Å²) >= 11 is -6.41. The van der Waals surface area contributed by atoms with E-state index in [9.17, 15) is 0 Å². The molecule has 0 fully saturated rings. The second-order valence-electron chi connectivity index (χ2n) is 20.2. The molecule has 0 aromatic heterocycles. The molecule has 2 aliphatic rings. The summed E-state index contributed by atoms with van der Waals surface area (Å²) in [6.45, 7) is 4.13. The van der Waals surface area contributed by atoms with Crippen molar-refractivity contribution in [1.82, 2.24) is 0 Å². The van der Waals surface area contributed by atoms with Crippen LogP contribution >= 0.6 is 0 Å². The second kappa shape index (κ2) is 22.3. The molecular weight excluding hydrogens is 997 g/mol. The molecule has 0 spiro atoms. The van der Waals surface area contributed by atoms with Crippen molar-refractivity contribution in [2.75, 3.05) is 0 Å². The third kappa shape index (κ3) is 8.89. The number of hydrogen-bond acceptors (Lipinski definition) is 6. The second-order valence-corrected chi connectivity index (χ2v) is 23.8. The molecule has 0 heterocycles. The molecule has 0 bridgehead atoms. The molecule has 78 heavy (non-hydrogen) atoms. The Kier molecular flexibility index (Phi) is 14.8. The molecule has 0 radical (unpaired) electrons. The summed E-state index contributed by atoms with van der Waals surface area (Å²) in [5.41, 5.74) is 3.59. The van der Waals surface area contributed by atoms with Gasteiger partial charge in [-0.2, -0.15) is 0 Å². The van der Waals surface area contributed by atoms with Crippen LogP contribution in [0.5, 0.6) is 0 Å². The molecule has 9 aromatic carbocycles. The molecule has 1 unspecified atom stereocenters. The summed E-state index contributed by atoms with van der Waals surface area (Å²) in [6, 6.07) is 86.2. The van der Waals surface area contributed by atoms with Gasteiger partial charge in [-0.05, 0) is 0 Å². The predicted molar refractivity (Wildman–Crippen MR) is 303 cm³/mol. The number of hydrogen-bond donors (Lipinski definition) is 0. The summed E-state index contributed by atoms with van der Waals surface area (Å²) in [6.07, 6.45) is 3.47. The Morgan fingerprint density at radius 3 is 0.756 bits per heavy atom. The zero-order chi connectivity index (χ0) is 53.6. The van der Waals surface area contributed by atoms with Gasteiger partial charge in [0.1, 0.15) is 0 Å². The van der Waals surface area contributed by atoms with Crippen LogP contribution in [-0.2, 0) is 58.3 Å². The first-order chi connectivity index (χ1) is 38.3. The van der Waals surface area contributed by atoms with Gasteiger partial charge in [0.2, 0.25) is 0 Å². The monoisotopic (exact) mass is 1060 g/mol. The summed E-state index contributed by atoms with van der Waals surface area (Å²) in [5, 5.41) is 0. The van der Waals surface area contributed by atoms with Gasteiger partial charge in [0.05, 0.1) is 0 Å². The number of carbonyl (C=O) groups excluding carboxylic acids is 3. The van der Waals surface area contributed by atoms with E-state index in [0.29, 0.717) is 53.9 Å². The van der Waals surface area contributed by atoms with Crippen LogP contribution in [0.1, 0.15) is 89.6 Å². The van der Waals surface area contributed by atoms with Crippen LogP contribution in [0.2, 0.25) is 0 Å². The van der Waals surface area contributed by atoms with E-state index in [0.717, 1.165) is 36.8 Å². The van der Waals surface area contributed by atoms with Crippen molar-refractivity contribution < 1.29 is 42.1 Å². The fourth-order valence-electron chi connectivity index (χ4n) is 12.6. The van der Waals surface area contributed by atoms with Crippen LogP contribution in [0.4, 0.5) is 0 Å². The Labute approximate surface area is 462 Å². The van der Waals surface area contributed by atoms with Crippen molar-refractivity contribution in [2.45, 2.75) is 55.8 Å². The molecule has 2 aliphatic carbocycles. The Bertz CT molecular complexity index is 2960. The molecule has 9 aromatic rings. The molecule has 0 saturated heterocycles. The van der Waals surface area contributed by atoms with Gasteiger partial charge in [0.25, 0.3) is 0 Å². The topological polar surface area (TPSA) is 78.9 Å². The minimum atomic E-state index is -6.41. The summed E-state index contributed by atoms with van der Waals surface area (Å²) < 4.78 is 23.7. The molecule has 0 aliphatic heterocycles. The first-order valence-corrected chi connectivity index (χ1v) is 29.6. The number of carbonyl (C=O) groups is 3. The summed E-state index contributed by atoms with van der Waals surface area (Å²) in [5.74, 6) is -2.69. The van der Waals surface area contributed by atoms with Gasteiger partial charge in [-0.15, -0.1) is 0 Å². The maximum absolute atomic E-state index is 17.3. The van der Waals surface area contributed by atoms with Gasteiger partial charge in [-0.1, -0.05) is 0 Å². The van der Waals surface area contributed by atoms with E-state index < -0.39 is 57.8 Å². The summed E-state index contributed by atoms with van der Waals surface area (Å²) in [4.78, 5) is 51.8. The van der Waals surface area contributed by atoms with Crippen LogP contribution in [0, 0.1) is 5.92 Å². The first-order valence-electron chi connectivity index (χ1n) is 26.9. The Balaban J connectivity index is 1.26. The molecular formula is C71H60O6Ti. The van der Waals surface area contributed by atoms with Crippen LogP contribution in [0.25, 0.3) is 0 Å². The van der Waals surface area contributed by atoms with Gasteiger partial charge in [-0.25, -0.2) is 0 Å². The van der Waals surface area contributed by atoms with Gasteiger partial charge in [0.15, 0.2) is 0 Å². The van der Waals surface area contributed by atoms with Crippen LogP contribution in [-0.4, -0.2) is 17.9 Å². The molecule has 384 valence electrons. The molecule has 0 saturated carbocycles. The zero-order valence-corrected chi connectivity index (χ0v) is 45.4. The first kappa shape index (κ1) is 51.7. The van der Waals surface area contributed by atoms with Crippen molar-refractivity contribution in [2.24, 2.45) is 5.92 Å². The van der Waals surface area contributed by atoms with E-state index >= 15 is 14.4 Å². The average Bonchev–Trinajstić information content (AvgIpc) is 3.96. The maximum atomic E-state index is 17.3. The van der Waals surface area contributed by atoms with Crippen molar-refractivity contribution in [3.63, 3.8) is 0 Å². The molecule has 6 nitrogen and oxygen atoms in total. The Morgan fingerprint density at radius 1 is 0.346 bits per heavy atom. The molecule has 0 amide bonds. The zero-order valence-electron chi connectivity index (χ0n) is 43.8. The quantitative estimate of drug-likeness (QED) is 0.0709. The Morgan fingerprint density at radius 2 is 0.551 bits per heavy atom. The van der Waals surface area contributed by atoms with E-state index in [-0.39, 0.29) is 0 Å². The van der Waals surface area contributed by atoms with E-state index in [2.05, 4.69) is 6.92 Å². The number of allylic oxidation sites excluding steroid dienone is 4. The van der Waals surface area contributed by atoms with Crippen molar-refractivity contribution >= 4 is 17.9 Å². The van der Waals surface area contributed by atoms with Crippen LogP contribution in [0.15, 0.2) is 294 Å². The van der Waals surface area contributed by atoms with E-state index in [1.165, 1.54) is 5.57 Å². The third-order valence-corrected chi connectivity index (χ3v) is 20.5. The molecule has 1 atom stereocenters. The van der Waals surface area contributed by atoms with Gasteiger partial charge >= 0.3 is 465 Å². The third-order valence-electron chi connectivity index (χ3n) is 16.1. The summed E-state index contributed by atoms with van der Waals surface area (Å²) in [7, 11) is 0. The minimum absolute atomic E-state index is 0.438. The van der Waals surface area contributed by atoms with E-state index in [1.54, 1.807) is 0 Å². The molecule has 0 N–H and O–H groups in total.